The molecule has 1 nitrogen and oxygen atoms in total. The van der Waals surface area contributed by atoms with E-state index in [0.29, 0.717) is 5.56 Å². The number of carbonyl (C=O) groups excluding carboxylic acids is 1. The van der Waals surface area contributed by atoms with Crippen molar-refractivity contribution in [2.75, 3.05) is 0 Å². The Morgan fingerprint density at radius 2 is 1.63 bits per heavy atom. The molecule has 96 valence electrons. The van der Waals surface area contributed by atoms with E-state index in [1.807, 2.05) is 0 Å². The van der Waals surface area contributed by atoms with Gasteiger partial charge in [-0.25, -0.2) is 8.78 Å². The minimum absolute atomic E-state index is 0.0637. The van der Waals surface area contributed by atoms with Gasteiger partial charge in [-0.05, 0) is 42.0 Å². The Morgan fingerprint density at radius 3 is 2.26 bits per heavy atom. The van der Waals surface area contributed by atoms with Gasteiger partial charge in [-0.1, -0.05) is 29.8 Å². The van der Waals surface area contributed by atoms with Gasteiger partial charge in [0, 0.05) is 5.56 Å². The van der Waals surface area contributed by atoms with Gasteiger partial charge in [0.25, 0.3) is 0 Å². The number of halogens is 3. The molecule has 0 atom stereocenters. The van der Waals surface area contributed by atoms with Crippen molar-refractivity contribution in [1.82, 2.24) is 0 Å². The van der Waals surface area contributed by atoms with E-state index in [-0.39, 0.29) is 22.2 Å². The Labute approximate surface area is 114 Å². The first-order valence-corrected chi connectivity index (χ1v) is 5.87. The molecule has 0 aliphatic carbocycles. The number of carbonyl (C=O) groups is 1. The lowest BCUT2D eigenvalue weighted by molar-refractivity contribution is 0.104. The summed E-state index contributed by atoms with van der Waals surface area (Å²) in [5.74, 6) is -1.18. The van der Waals surface area contributed by atoms with Gasteiger partial charge >= 0.3 is 0 Å². The molecule has 0 amide bonds. The van der Waals surface area contributed by atoms with Crippen LogP contribution in [0.15, 0.2) is 48.5 Å². The fourth-order valence-electron chi connectivity index (χ4n) is 1.52. The maximum absolute atomic E-state index is 12.9. The monoisotopic (exact) mass is 278 g/mol. The van der Waals surface area contributed by atoms with Crippen LogP contribution in [0.3, 0.4) is 0 Å². The molecule has 2 aromatic rings. The van der Waals surface area contributed by atoms with Crippen molar-refractivity contribution in [3.05, 3.63) is 76.3 Å². The molecule has 0 spiro atoms. The zero-order valence-corrected chi connectivity index (χ0v) is 10.5. The van der Waals surface area contributed by atoms with Crippen LogP contribution in [0.4, 0.5) is 8.78 Å². The van der Waals surface area contributed by atoms with E-state index in [1.54, 1.807) is 18.2 Å². The van der Waals surface area contributed by atoms with Crippen molar-refractivity contribution in [3.63, 3.8) is 0 Å². The fourth-order valence-corrected chi connectivity index (χ4v) is 1.79. The highest BCUT2D eigenvalue weighted by molar-refractivity contribution is 6.34. The average molecular weight is 279 g/mol. The van der Waals surface area contributed by atoms with Crippen LogP contribution in [0.2, 0.25) is 5.02 Å². The van der Waals surface area contributed by atoms with Crippen molar-refractivity contribution in [2.24, 2.45) is 0 Å². The lowest BCUT2D eigenvalue weighted by Gasteiger charge is -1.99. The summed E-state index contributed by atoms with van der Waals surface area (Å²) in [7, 11) is 0. The number of allylic oxidation sites excluding steroid dienone is 1. The van der Waals surface area contributed by atoms with E-state index in [2.05, 4.69) is 0 Å². The van der Waals surface area contributed by atoms with E-state index in [4.69, 9.17) is 11.6 Å². The van der Waals surface area contributed by atoms with Crippen LogP contribution < -0.4 is 0 Å². The van der Waals surface area contributed by atoms with Gasteiger partial charge in [0.1, 0.15) is 11.6 Å². The molecule has 0 saturated carbocycles. The van der Waals surface area contributed by atoms with Gasteiger partial charge in [0.2, 0.25) is 0 Å². The second kappa shape index (κ2) is 5.76. The summed E-state index contributed by atoms with van der Waals surface area (Å²) in [4.78, 5) is 11.8. The van der Waals surface area contributed by atoms with Crippen LogP contribution in [-0.2, 0) is 0 Å². The fraction of sp³-hybridized carbons (Fsp3) is 0. The average Bonchev–Trinajstić information content (AvgIpc) is 2.37. The number of benzene rings is 2. The zero-order valence-electron chi connectivity index (χ0n) is 9.74. The Kier molecular flexibility index (Phi) is 4.07. The van der Waals surface area contributed by atoms with Crippen molar-refractivity contribution in [2.45, 2.75) is 0 Å². The predicted octanol–water partition coefficient (Wildman–Crippen LogP) is 4.51. The molecular formula is C15H9ClF2O. The van der Waals surface area contributed by atoms with E-state index in [9.17, 15) is 13.6 Å². The zero-order chi connectivity index (χ0) is 13.8. The summed E-state index contributed by atoms with van der Waals surface area (Å²) < 4.78 is 25.5. The molecule has 0 aliphatic rings. The predicted molar refractivity (Wildman–Crippen MR) is 71.2 cm³/mol. The minimum Gasteiger partial charge on any atom is -0.289 e. The molecule has 0 bridgehead atoms. The topological polar surface area (TPSA) is 17.1 Å². The highest BCUT2D eigenvalue weighted by Crippen LogP contribution is 2.18. The first kappa shape index (κ1) is 13.4. The number of hydrogen-bond donors (Lipinski definition) is 0. The van der Waals surface area contributed by atoms with Crippen molar-refractivity contribution in [1.29, 1.82) is 0 Å². The van der Waals surface area contributed by atoms with Crippen LogP contribution in [0.25, 0.3) is 6.08 Å². The molecule has 0 aliphatic heterocycles. The molecule has 4 heteroatoms. The number of ketones is 1. The van der Waals surface area contributed by atoms with Crippen molar-refractivity contribution in [3.8, 4) is 0 Å². The van der Waals surface area contributed by atoms with E-state index in [1.165, 1.54) is 30.3 Å². The van der Waals surface area contributed by atoms with Gasteiger partial charge in [-0.3, -0.25) is 4.79 Å². The molecule has 2 rings (SSSR count). The highest BCUT2D eigenvalue weighted by Gasteiger charge is 2.07. The summed E-state index contributed by atoms with van der Waals surface area (Å²) >= 11 is 5.78. The Hall–Kier alpha value is -2.00. The molecule has 19 heavy (non-hydrogen) atoms. The highest BCUT2D eigenvalue weighted by atomic mass is 35.5. The Morgan fingerprint density at radius 1 is 1.00 bits per heavy atom. The quantitative estimate of drug-likeness (QED) is 0.596. The largest absolute Gasteiger partial charge is 0.289 e. The molecule has 0 radical (unpaired) electrons. The van der Waals surface area contributed by atoms with Crippen molar-refractivity contribution >= 4 is 23.5 Å². The summed E-state index contributed by atoms with van der Waals surface area (Å²) in [6.07, 6.45) is 2.85. The molecule has 0 unspecified atom stereocenters. The van der Waals surface area contributed by atoms with Crippen LogP contribution >= 0.6 is 11.6 Å². The normalized spacial score (nSPS) is 10.9. The lowest BCUT2D eigenvalue weighted by Crippen LogP contribution is -1.95. The third-order valence-corrected chi connectivity index (χ3v) is 2.81. The molecule has 0 saturated heterocycles. The van der Waals surface area contributed by atoms with Gasteiger partial charge in [-0.15, -0.1) is 0 Å². The van der Waals surface area contributed by atoms with E-state index in [0.717, 1.165) is 6.07 Å². The first-order chi connectivity index (χ1) is 9.06. The second-order valence-corrected chi connectivity index (χ2v) is 4.28. The van der Waals surface area contributed by atoms with E-state index < -0.39 is 5.82 Å². The summed E-state index contributed by atoms with van der Waals surface area (Å²) in [5.41, 5.74) is 0.911. The van der Waals surface area contributed by atoms with Crippen LogP contribution in [0.1, 0.15) is 15.9 Å². The van der Waals surface area contributed by atoms with Crippen LogP contribution in [0.5, 0.6) is 0 Å². The van der Waals surface area contributed by atoms with Crippen LogP contribution in [-0.4, -0.2) is 5.78 Å². The Bertz CT molecular complexity index is 633. The van der Waals surface area contributed by atoms with Crippen LogP contribution in [0, 0.1) is 11.6 Å². The maximum Gasteiger partial charge on any atom is 0.187 e. The lowest BCUT2D eigenvalue weighted by atomic mass is 10.1. The second-order valence-electron chi connectivity index (χ2n) is 3.87. The van der Waals surface area contributed by atoms with Gasteiger partial charge in [0.15, 0.2) is 5.78 Å². The number of hydrogen-bond acceptors (Lipinski definition) is 1. The Balaban J connectivity index is 2.18. The number of rotatable bonds is 3. The summed E-state index contributed by atoms with van der Waals surface area (Å²) in [6.45, 7) is 0. The van der Waals surface area contributed by atoms with Crippen molar-refractivity contribution < 1.29 is 13.6 Å². The molecule has 0 aromatic heterocycles. The molecule has 0 heterocycles. The third-order valence-electron chi connectivity index (χ3n) is 2.49. The maximum atomic E-state index is 12.9. The molecular weight excluding hydrogens is 270 g/mol. The van der Waals surface area contributed by atoms with Gasteiger partial charge < -0.3 is 0 Å². The molecule has 0 N–H and O–H groups in total. The third kappa shape index (κ3) is 3.48. The van der Waals surface area contributed by atoms with Gasteiger partial charge in [-0.2, -0.15) is 0 Å². The van der Waals surface area contributed by atoms with E-state index >= 15 is 0 Å². The molecule has 2 aromatic carbocycles. The minimum atomic E-state index is -0.496. The standard InChI is InChI=1S/C15H9ClF2O/c16-14-9-12(18)6-7-13(14)15(19)8-3-10-1-4-11(17)5-2-10/h1-9H/b8-3+. The molecule has 0 fully saturated rings. The SMILES string of the molecule is O=C(/C=C/c1ccc(F)cc1)c1ccc(F)cc1Cl. The summed E-state index contributed by atoms with van der Waals surface area (Å²) in [5, 5.41) is 0.0637. The van der Waals surface area contributed by atoms with Gasteiger partial charge in [0.05, 0.1) is 5.02 Å². The first-order valence-electron chi connectivity index (χ1n) is 5.49. The summed E-state index contributed by atoms with van der Waals surface area (Å²) in [6, 6.07) is 9.28. The smallest absolute Gasteiger partial charge is 0.187 e.